The molecule has 0 aromatic carbocycles. The third-order valence-electron chi connectivity index (χ3n) is 3.70. The van der Waals surface area contributed by atoms with E-state index in [1.54, 1.807) is 0 Å². The van der Waals surface area contributed by atoms with Crippen molar-refractivity contribution in [2.45, 2.75) is 60.8 Å². The maximum atomic E-state index is 2.44. The van der Waals surface area contributed by atoms with Crippen molar-refractivity contribution in [1.82, 2.24) is 0 Å². The van der Waals surface area contributed by atoms with Crippen molar-refractivity contribution in [3.05, 3.63) is 0 Å². The molecule has 3 atom stereocenters. The molecule has 0 N–H and O–H groups in total. The van der Waals surface area contributed by atoms with E-state index >= 15 is 0 Å². The van der Waals surface area contributed by atoms with Gasteiger partial charge in [0.1, 0.15) is 0 Å². The molecule has 0 aliphatic carbocycles. The summed E-state index contributed by atoms with van der Waals surface area (Å²) >= 11 is 0. The molecule has 0 aromatic rings. The summed E-state index contributed by atoms with van der Waals surface area (Å²) in [5, 5.41) is 0. The third-order valence-corrected chi connectivity index (χ3v) is 3.70. The molecule has 0 saturated heterocycles. The minimum atomic E-state index is 0.851. The van der Waals surface area contributed by atoms with E-state index in [2.05, 4.69) is 41.5 Å². The zero-order chi connectivity index (χ0) is 10.4. The summed E-state index contributed by atoms with van der Waals surface area (Å²) in [5.41, 5.74) is 0. The topological polar surface area (TPSA) is 0 Å². The summed E-state index contributed by atoms with van der Waals surface area (Å²) in [7, 11) is 0. The van der Waals surface area contributed by atoms with Gasteiger partial charge in [0.25, 0.3) is 0 Å². The highest BCUT2D eigenvalue weighted by Gasteiger charge is 2.23. The number of hydrogen-bond acceptors (Lipinski definition) is 0. The molecule has 0 fully saturated rings. The van der Waals surface area contributed by atoms with Gasteiger partial charge in [-0.15, -0.1) is 0 Å². The van der Waals surface area contributed by atoms with Gasteiger partial charge in [-0.3, -0.25) is 0 Å². The van der Waals surface area contributed by atoms with E-state index in [9.17, 15) is 0 Å². The fourth-order valence-corrected chi connectivity index (χ4v) is 2.33. The summed E-state index contributed by atoms with van der Waals surface area (Å²) in [6, 6.07) is 0. The first-order valence-electron chi connectivity index (χ1n) is 6.04. The minimum Gasteiger partial charge on any atom is -0.0654 e. The van der Waals surface area contributed by atoms with Crippen LogP contribution in [0.3, 0.4) is 0 Å². The van der Waals surface area contributed by atoms with E-state index in [1.807, 2.05) is 0 Å². The van der Waals surface area contributed by atoms with Crippen molar-refractivity contribution >= 4 is 0 Å². The molecule has 0 heterocycles. The van der Waals surface area contributed by atoms with Gasteiger partial charge >= 0.3 is 0 Å². The SMILES string of the molecule is CCCC(C(C)C)C(C)C(C)CC. The fourth-order valence-electron chi connectivity index (χ4n) is 2.33. The summed E-state index contributed by atoms with van der Waals surface area (Å²) in [6.07, 6.45) is 4.07. The smallest absolute Gasteiger partial charge is 0.0363 e. The highest BCUT2D eigenvalue weighted by Crippen LogP contribution is 2.32. The molecule has 0 spiro atoms. The second-order valence-electron chi connectivity index (χ2n) is 4.94. The molecular formula is C13H28. The van der Waals surface area contributed by atoms with Crippen molar-refractivity contribution < 1.29 is 0 Å². The maximum Gasteiger partial charge on any atom is -0.0363 e. The van der Waals surface area contributed by atoms with Crippen molar-refractivity contribution in [3.63, 3.8) is 0 Å². The predicted octanol–water partition coefficient (Wildman–Crippen LogP) is 4.74. The third kappa shape index (κ3) is 4.15. The van der Waals surface area contributed by atoms with Crippen LogP contribution >= 0.6 is 0 Å². The van der Waals surface area contributed by atoms with Crippen LogP contribution in [0.25, 0.3) is 0 Å². The van der Waals surface area contributed by atoms with Crippen LogP contribution in [0, 0.1) is 23.7 Å². The highest BCUT2D eigenvalue weighted by molar-refractivity contribution is 4.73. The lowest BCUT2D eigenvalue weighted by atomic mass is 9.75. The molecule has 3 unspecified atom stereocenters. The highest BCUT2D eigenvalue weighted by atomic mass is 14.3. The van der Waals surface area contributed by atoms with Crippen LogP contribution in [0.1, 0.15) is 60.8 Å². The van der Waals surface area contributed by atoms with E-state index in [0.29, 0.717) is 0 Å². The summed E-state index contributed by atoms with van der Waals surface area (Å²) in [6.45, 7) is 14.2. The molecule has 0 rings (SSSR count). The summed E-state index contributed by atoms with van der Waals surface area (Å²) in [5.74, 6) is 3.56. The Balaban J connectivity index is 4.18. The average molecular weight is 184 g/mol. The standard InChI is InChI=1S/C13H28/c1-7-9-13(10(3)4)12(6)11(5)8-2/h10-13H,7-9H2,1-6H3. The Labute approximate surface area is 85.1 Å². The molecule has 0 heteroatoms. The van der Waals surface area contributed by atoms with Gasteiger partial charge in [0.05, 0.1) is 0 Å². The first-order chi connectivity index (χ1) is 6.04. The van der Waals surface area contributed by atoms with Crippen molar-refractivity contribution in [1.29, 1.82) is 0 Å². The fraction of sp³-hybridized carbons (Fsp3) is 1.00. The lowest BCUT2D eigenvalue weighted by Crippen LogP contribution is -2.23. The molecular weight excluding hydrogens is 156 g/mol. The van der Waals surface area contributed by atoms with Crippen molar-refractivity contribution in [3.8, 4) is 0 Å². The average Bonchev–Trinajstić information content (AvgIpc) is 2.11. The van der Waals surface area contributed by atoms with Gasteiger partial charge in [0, 0.05) is 0 Å². The molecule has 0 aliphatic rings. The molecule has 0 amide bonds. The Morgan fingerprint density at radius 1 is 0.923 bits per heavy atom. The maximum absolute atomic E-state index is 2.44. The van der Waals surface area contributed by atoms with Crippen LogP contribution in [0.5, 0.6) is 0 Å². The van der Waals surface area contributed by atoms with Gasteiger partial charge in [-0.2, -0.15) is 0 Å². The summed E-state index contributed by atoms with van der Waals surface area (Å²) in [4.78, 5) is 0. The number of hydrogen-bond donors (Lipinski definition) is 0. The molecule has 13 heavy (non-hydrogen) atoms. The molecule has 0 nitrogen and oxygen atoms in total. The van der Waals surface area contributed by atoms with Gasteiger partial charge in [-0.1, -0.05) is 60.8 Å². The van der Waals surface area contributed by atoms with Gasteiger partial charge < -0.3 is 0 Å². The lowest BCUT2D eigenvalue weighted by molar-refractivity contribution is 0.187. The molecule has 80 valence electrons. The van der Waals surface area contributed by atoms with E-state index in [0.717, 1.165) is 23.7 Å². The largest absolute Gasteiger partial charge is 0.0654 e. The summed E-state index contributed by atoms with van der Waals surface area (Å²) < 4.78 is 0. The Morgan fingerprint density at radius 2 is 1.46 bits per heavy atom. The number of rotatable bonds is 6. The van der Waals surface area contributed by atoms with Gasteiger partial charge in [-0.25, -0.2) is 0 Å². The quantitative estimate of drug-likeness (QED) is 0.559. The second-order valence-corrected chi connectivity index (χ2v) is 4.94. The molecule has 0 aromatic heterocycles. The van der Waals surface area contributed by atoms with E-state index in [-0.39, 0.29) is 0 Å². The Hall–Kier alpha value is 0. The van der Waals surface area contributed by atoms with Crippen LogP contribution in [-0.4, -0.2) is 0 Å². The predicted molar refractivity (Wildman–Crippen MR) is 61.9 cm³/mol. The normalized spacial score (nSPS) is 18.7. The molecule has 0 radical (unpaired) electrons. The Kier molecular flexibility index (Phi) is 6.45. The van der Waals surface area contributed by atoms with Crippen molar-refractivity contribution in [2.75, 3.05) is 0 Å². The lowest BCUT2D eigenvalue weighted by Gasteiger charge is -2.31. The van der Waals surface area contributed by atoms with Crippen LogP contribution < -0.4 is 0 Å². The van der Waals surface area contributed by atoms with Crippen LogP contribution in [0.2, 0.25) is 0 Å². The van der Waals surface area contributed by atoms with Gasteiger partial charge in [0.15, 0.2) is 0 Å². The minimum absolute atomic E-state index is 0.851. The van der Waals surface area contributed by atoms with Gasteiger partial charge in [0.2, 0.25) is 0 Å². The van der Waals surface area contributed by atoms with E-state index < -0.39 is 0 Å². The molecule has 0 bridgehead atoms. The molecule has 0 saturated carbocycles. The Bertz CT molecular complexity index is 115. The Morgan fingerprint density at radius 3 is 1.77 bits per heavy atom. The van der Waals surface area contributed by atoms with Gasteiger partial charge in [-0.05, 0) is 23.7 Å². The van der Waals surface area contributed by atoms with E-state index in [1.165, 1.54) is 19.3 Å². The van der Waals surface area contributed by atoms with Crippen LogP contribution in [0.4, 0.5) is 0 Å². The zero-order valence-corrected chi connectivity index (χ0v) is 10.4. The zero-order valence-electron chi connectivity index (χ0n) is 10.4. The molecule has 0 aliphatic heterocycles. The van der Waals surface area contributed by atoms with Crippen LogP contribution in [0.15, 0.2) is 0 Å². The first-order valence-corrected chi connectivity index (χ1v) is 6.04. The second kappa shape index (κ2) is 6.45. The first kappa shape index (κ1) is 13.0. The van der Waals surface area contributed by atoms with Crippen molar-refractivity contribution in [2.24, 2.45) is 23.7 Å². The van der Waals surface area contributed by atoms with Crippen LogP contribution in [-0.2, 0) is 0 Å². The monoisotopic (exact) mass is 184 g/mol. The van der Waals surface area contributed by atoms with E-state index in [4.69, 9.17) is 0 Å².